The van der Waals surface area contributed by atoms with Gasteiger partial charge in [0.05, 0.1) is 11.5 Å². The third kappa shape index (κ3) is 4.46. The zero-order chi connectivity index (χ0) is 21.1. The van der Waals surface area contributed by atoms with Crippen LogP contribution in [0.3, 0.4) is 0 Å². The molecule has 0 aliphatic heterocycles. The van der Waals surface area contributed by atoms with Crippen molar-refractivity contribution in [3.05, 3.63) is 52.6 Å². The van der Waals surface area contributed by atoms with E-state index in [1.807, 2.05) is 37.4 Å². The van der Waals surface area contributed by atoms with Crippen molar-refractivity contribution >= 4 is 28.2 Å². The summed E-state index contributed by atoms with van der Waals surface area (Å²) in [5.41, 5.74) is 1.08. The molecule has 158 valence electrons. The molecule has 30 heavy (non-hydrogen) atoms. The third-order valence-corrected chi connectivity index (χ3v) is 5.63. The number of nitrogens with one attached hydrogen (secondary N) is 2. The second-order valence-electron chi connectivity index (χ2n) is 8.13. The first-order valence-corrected chi connectivity index (χ1v) is 10.7. The lowest BCUT2D eigenvalue weighted by Crippen LogP contribution is -2.29. The van der Waals surface area contributed by atoms with E-state index in [0.29, 0.717) is 29.4 Å². The molecule has 0 spiro atoms. The van der Waals surface area contributed by atoms with Crippen LogP contribution in [0, 0.1) is 6.92 Å². The molecular formula is C23H29N5O2. The van der Waals surface area contributed by atoms with Crippen LogP contribution in [0.2, 0.25) is 0 Å². The zero-order valence-electron chi connectivity index (χ0n) is 17.6. The van der Waals surface area contributed by atoms with Gasteiger partial charge in [0.15, 0.2) is 0 Å². The summed E-state index contributed by atoms with van der Waals surface area (Å²) in [6.45, 7) is 4.75. The molecule has 7 nitrogen and oxygen atoms in total. The van der Waals surface area contributed by atoms with Crippen molar-refractivity contribution < 1.29 is 5.11 Å². The van der Waals surface area contributed by atoms with Gasteiger partial charge in [-0.1, -0.05) is 6.92 Å². The van der Waals surface area contributed by atoms with Crippen LogP contribution in [0.4, 0.5) is 17.5 Å². The van der Waals surface area contributed by atoms with Gasteiger partial charge < -0.3 is 20.3 Å². The van der Waals surface area contributed by atoms with E-state index < -0.39 is 0 Å². The molecule has 1 aliphatic rings. The maximum Gasteiger partial charge on any atom is 0.262 e. The molecule has 3 aromatic rings. The predicted molar refractivity (Wildman–Crippen MR) is 120 cm³/mol. The summed E-state index contributed by atoms with van der Waals surface area (Å²) in [6.07, 6.45) is 7.52. The van der Waals surface area contributed by atoms with Crippen LogP contribution >= 0.6 is 0 Å². The monoisotopic (exact) mass is 407 g/mol. The number of fused-ring (bicyclic) bond motifs is 1. The highest BCUT2D eigenvalue weighted by molar-refractivity contribution is 5.93. The maximum absolute atomic E-state index is 13.2. The van der Waals surface area contributed by atoms with Gasteiger partial charge in [-0.25, -0.2) is 9.97 Å². The first kappa shape index (κ1) is 20.3. The maximum atomic E-state index is 13.2. The molecule has 1 saturated carbocycles. The summed E-state index contributed by atoms with van der Waals surface area (Å²) in [5.74, 6) is 1.96. The summed E-state index contributed by atoms with van der Waals surface area (Å²) in [6, 6.07) is 7.96. The van der Waals surface area contributed by atoms with Gasteiger partial charge in [0.2, 0.25) is 0 Å². The highest BCUT2D eigenvalue weighted by atomic mass is 16.3. The molecule has 3 N–H and O–H groups in total. The average Bonchev–Trinajstić information content (AvgIpc) is 2.72. The number of hydrogen-bond donors (Lipinski definition) is 3. The van der Waals surface area contributed by atoms with Crippen molar-refractivity contribution in [3.8, 4) is 0 Å². The van der Waals surface area contributed by atoms with Gasteiger partial charge in [-0.05, 0) is 74.2 Å². The first-order valence-electron chi connectivity index (χ1n) is 10.7. The van der Waals surface area contributed by atoms with E-state index in [0.717, 1.165) is 43.1 Å². The van der Waals surface area contributed by atoms with Crippen LogP contribution in [0.1, 0.15) is 44.6 Å². The molecule has 0 amide bonds. The molecule has 0 bridgehead atoms. The quantitative estimate of drug-likeness (QED) is 0.573. The Bertz CT molecular complexity index is 1090. The first-order chi connectivity index (χ1) is 14.5. The predicted octanol–water partition coefficient (Wildman–Crippen LogP) is 3.97. The van der Waals surface area contributed by atoms with Crippen molar-refractivity contribution in [1.29, 1.82) is 0 Å². The minimum Gasteiger partial charge on any atom is -0.393 e. The van der Waals surface area contributed by atoms with E-state index >= 15 is 0 Å². The van der Waals surface area contributed by atoms with E-state index in [2.05, 4.69) is 22.5 Å². The fraction of sp³-hybridized carbons (Fsp3) is 0.435. The molecular weight excluding hydrogens is 378 g/mol. The SMILES string of the molecule is CCCn1ccc2cc(Nc3cc(C)ccn3)nc(NC3CCC(O)CC3)c2c1=O. The Morgan fingerprint density at radius 2 is 1.97 bits per heavy atom. The highest BCUT2D eigenvalue weighted by Crippen LogP contribution is 2.27. The van der Waals surface area contributed by atoms with Crippen molar-refractivity contribution in [2.24, 2.45) is 0 Å². The number of aliphatic hydroxyl groups is 1. The second kappa shape index (κ2) is 8.83. The number of aliphatic hydroxyl groups excluding tert-OH is 1. The molecule has 3 heterocycles. The van der Waals surface area contributed by atoms with Gasteiger partial charge in [0.1, 0.15) is 17.5 Å². The second-order valence-corrected chi connectivity index (χ2v) is 8.13. The lowest BCUT2D eigenvalue weighted by atomic mass is 9.93. The number of aryl methyl sites for hydroxylation is 2. The summed E-state index contributed by atoms with van der Waals surface area (Å²) in [5, 5.41) is 18.0. The van der Waals surface area contributed by atoms with Gasteiger partial charge in [-0.2, -0.15) is 0 Å². The largest absolute Gasteiger partial charge is 0.393 e. The van der Waals surface area contributed by atoms with Crippen LogP contribution in [0.5, 0.6) is 0 Å². The molecule has 3 aromatic heterocycles. The Morgan fingerprint density at radius 1 is 1.17 bits per heavy atom. The Hall–Kier alpha value is -2.93. The van der Waals surface area contributed by atoms with E-state index in [4.69, 9.17) is 4.98 Å². The molecule has 1 aliphatic carbocycles. The minimum absolute atomic E-state index is 0.0274. The van der Waals surface area contributed by atoms with Crippen LogP contribution in [0.25, 0.3) is 10.8 Å². The number of aromatic nitrogens is 3. The smallest absolute Gasteiger partial charge is 0.262 e. The number of pyridine rings is 3. The Balaban J connectivity index is 1.75. The highest BCUT2D eigenvalue weighted by Gasteiger charge is 2.21. The lowest BCUT2D eigenvalue weighted by molar-refractivity contribution is 0.126. The zero-order valence-corrected chi connectivity index (χ0v) is 17.6. The van der Waals surface area contributed by atoms with E-state index in [1.165, 1.54) is 0 Å². The molecule has 0 unspecified atom stereocenters. The lowest BCUT2D eigenvalue weighted by Gasteiger charge is -2.27. The molecule has 0 aromatic carbocycles. The standard InChI is InChI=1S/C23H29N5O2/c1-3-11-28-12-9-16-14-20(26-19-13-15(2)8-10-24-19)27-22(21(16)23(28)30)25-17-4-6-18(29)7-5-17/h8-10,12-14,17-18,29H,3-7,11H2,1-2H3,(H2,24,25,26,27). The summed E-state index contributed by atoms with van der Waals surface area (Å²) in [7, 11) is 0. The number of hydrogen-bond acceptors (Lipinski definition) is 6. The van der Waals surface area contributed by atoms with Gasteiger partial charge in [0.25, 0.3) is 5.56 Å². The Kier molecular flexibility index (Phi) is 5.99. The summed E-state index contributed by atoms with van der Waals surface area (Å²) in [4.78, 5) is 22.3. The van der Waals surface area contributed by atoms with E-state index in [-0.39, 0.29) is 17.7 Å². The van der Waals surface area contributed by atoms with Gasteiger partial charge in [-0.15, -0.1) is 0 Å². The van der Waals surface area contributed by atoms with Crippen LogP contribution < -0.4 is 16.2 Å². The fourth-order valence-corrected chi connectivity index (χ4v) is 4.04. The van der Waals surface area contributed by atoms with Gasteiger partial charge in [0, 0.05) is 25.0 Å². The molecule has 7 heteroatoms. The average molecular weight is 408 g/mol. The molecule has 1 fully saturated rings. The van der Waals surface area contributed by atoms with Crippen LogP contribution in [-0.2, 0) is 6.54 Å². The molecule has 0 atom stereocenters. The number of anilines is 3. The normalized spacial score (nSPS) is 19.0. The summed E-state index contributed by atoms with van der Waals surface area (Å²) >= 11 is 0. The van der Waals surface area contributed by atoms with E-state index in [9.17, 15) is 9.90 Å². The van der Waals surface area contributed by atoms with Crippen LogP contribution in [0.15, 0.2) is 41.5 Å². The molecule has 0 radical (unpaired) electrons. The van der Waals surface area contributed by atoms with Gasteiger partial charge in [-0.3, -0.25) is 4.79 Å². The minimum atomic E-state index is -0.227. The van der Waals surface area contributed by atoms with E-state index in [1.54, 1.807) is 10.8 Å². The summed E-state index contributed by atoms with van der Waals surface area (Å²) < 4.78 is 1.75. The number of nitrogens with zero attached hydrogens (tertiary/aromatic N) is 3. The van der Waals surface area contributed by atoms with Crippen LogP contribution in [-0.4, -0.2) is 31.8 Å². The van der Waals surface area contributed by atoms with Crippen molar-refractivity contribution in [3.63, 3.8) is 0 Å². The number of rotatable bonds is 6. The topological polar surface area (TPSA) is 92.1 Å². The molecule has 0 saturated heterocycles. The Morgan fingerprint density at radius 3 is 2.70 bits per heavy atom. The van der Waals surface area contributed by atoms with Crippen molar-refractivity contribution in [2.45, 2.75) is 64.6 Å². The van der Waals surface area contributed by atoms with Gasteiger partial charge >= 0.3 is 0 Å². The van der Waals surface area contributed by atoms with Crippen molar-refractivity contribution in [1.82, 2.24) is 14.5 Å². The Labute approximate surface area is 176 Å². The molecule has 4 rings (SSSR count). The third-order valence-electron chi connectivity index (χ3n) is 5.63. The fourth-order valence-electron chi connectivity index (χ4n) is 4.04. The van der Waals surface area contributed by atoms with Crippen molar-refractivity contribution in [2.75, 3.05) is 10.6 Å².